The summed E-state index contributed by atoms with van der Waals surface area (Å²) in [6.07, 6.45) is 3.31. The lowest BCUT2D eigenvalue weighted by molar-refractivity contribution is 0.104. The molecule has 0 unspecified atom stereocenters. The fourth-order valence-electron chi connectivity index (χ4n) is 0.850. The molecule has 0 saturated carbocycles. The maximum Gasteiger partial charge on any atom is 0.185 e. The van der Waals surface area contributed by atoms with Crippen LogP contribution in [0.25, 0.3) is 0 Å². The Balaban J connectivity index is 0.000000671. The molecule has 0 fully saturated rings. The molecule has 13 heavy (non-hydrogen) atoms. The molecule has 1 rings (SSSR count). The standard InChI is InChI=1S/C10H10O.C2H6/c1-2-6-10(11)9-7-4-3-5-8-9;1-2/h2-8H,1H3;1-2H3/b6-2+;. The Labute approximate surface area is 80.1 Å². The van der Waals surface area contributed by atoms with Gasteiger partial charge in [-0.05, 0) is 13.0 Å². The van der Waals surface area contributed by atoms with Crippen LogP contribution in [0.3, 0.4) is 0 Å². The first-order valence-corrected chi connectivity index (χ1v) is 4.56. The molecule has 0 radical (unpaired) electrons. The molecule has 0 heterocycles. The molecule has 0 spiro atoms. The maximum absolute atomic E-state index is 11.2. The monoisotopic (exact) mass is 176 g/mol. The summed E-state index contributed by atoms with van der Waals surface area (Å²) in [7, 11) is 0. The minimum atomic E-state index is 0.0631. The van der Waals surface area contributed by atoms with Crippen LogP contribution in [0.4, 0.5) is 0 Å². The molecular formula is C12H16O. The minimum Gasteiger partial charge on any atom is -0.289 e. The highest BCUT2D eigenvalue weighted by Crippen LogP contribution is 1.99. The Morgan fingerprint density at radius 3 is 2.15 bits per heavy atom. The topological polar surface area (TPSA) is 17.1 Å². The Hall–Kier alpha value is -1.37. The van der Waals surface area contributed by atoms with Gasteiger partial charge < -0.3 is 0 Å². The molecular weight excluding hydrogens is 160 g/mol. The van der Waals surface area contributed by atoms with Gasteiger partial charge in [0, 0.05) is 5.56 Å². The molecule has 70 valence electrons. The van der Waals surface area contributed by atoms with Gasteiger partial charge in [-0.15, -0.1) is 0 Å². The molecule has 0 atom stereocenters. The first-order chi connectivity index (χ1) is 6.34. The number of benzene rings is 1. The van der Waals surface area contributed by atoms with E-state index in [0.29, 0.717) is 0 Å². The van der Waals surface area contributed by atoms with Gasteiger partial charge in [0.25, 0.3) is 0 Å². The molecule has 0 aromatic heterocycles. The Morgan fingerprint density at radius 1 is 1.15 bits per heavy atom. The van der Waals surface area contributed by atoms with Gasteiger partial charge in [0.1, 0.15) is 0 Å². The molecule has 1 heteroatoms. The third-order valence-electron chi connectivity index (χ3n) is 1.38. The van der Waals surface area contributed by atoms with Crippen molar-refractivity contribution in [2.75, 3.05) is 0 Å². The van der Waals surface area contributed by atoms with Crippen molar-refractivity contribution in [2.45, 2.75) is 20.8 Å². The second-order valence-electron chi connectivity index (χ2n) is 2.23. The van der Waals surface area contributed by atoms with Crippen molar-refractivity contribution in [3.05, 3.63) is 48.0 Å². The van der Waals surface area contributed by atoms with Crippen molar-refractivity contribution in [3.63, 3.8) is 0 Å². The molecule has 0 amide bonds. The van der Waals surface area contributed by atoms with Gasteiger partial charge in [0.15, 0.2) is 5.78 Å². The maximum atomic E-state index is 11.2. The molecule has 0 bridgehead atoms. The Morgan fingerprint density at radius 2 is 1.69 bits per heavy atom. The number of ketones is 1. The van der Waals surface area contributed by atoms with Gasteiger partial charge in [-0.1, -0.05) is 50.3 Å². The van der Waals surface area contributed by atoms with Gasteiger partial charge >= 0.3 is 0 Å². The quantitative estimate of drug-likeness (QED) is 0.498. The highest BCUT2D eigenvalue weighted by atomic mass is 16.1. The molecule has 0 saturated heterocycles. The van der Waals surface area contributed by atoms with E-state index < -0.39 is 0 Å². The number of hydrogen-bond acceptors (Lipinski definition) is 1. The average molecular weight is 176 g/mol. The third kappa shape index (κ3) is 4.26. The van der Waals surface area contributed by atoms with Crippen molar-refractivity contribution in [1.29, 1.82) is 0 Å². The summed E-state index contributed by atoms with van der Waals surface area (Å²) >= 11 is 0. The number of carbonyl (C=O) groups is 1. The van der Waals surface area contributed by atoms with E-state index in [4.69, 9.17) is 0 Å². The van der Waals surface area contributed by atoms with E-state index in [0.717, 1.165) is 5.56 Å². The number of allylic oxidation sites excluding steroid dienone is 2. The fraction of sp³-hybridized carbons (Fsp3) is 0.250. The zero-order valence-corrected chi connectivity index (χ0v) is 8.45. The summed E-state index contributed by atoms with van der Waals surface area (Å²) < 4.78 is 0. The molecule has 0 N–H and O–H groups in total. The van der Waals surface area contributed by atoms with Gasteiger partial charge in [-0.3, -0.25) is 4.79 Å². The lowest BCUT2D eigenvalue weighted by atomic mass is 10.1. The van der Waals surface area contributed by atoms with Crippen LogP contribution in [-0.2, 0) is 0 Å². The average Bonchev–Trinajstić information content (AvgIpc) is 2.23. The summed E-state index contributed by atoms with van der Waals surface area (Å²) in [5.74, 6) is 0.0631. The smallest absolute Gasteiger partial charge is 0.185 e. The van der Waals surface area contributed by atoms with Crippen LogP contribution in [0, 0.1) is 0 Å². The van der Waals surface area contributed by atoms with E-state index in [2.05, 4.69) is 0 Å². The zero-order chi connectivity index (χ0) is 10.1. The van der Waals surface area contributed by atoms with Crippen molar-refractivity contribution in [3.8, 4) is 0 Å². The van der Waals surface area contributed by atoms with Gasteiger partial charge in [-0.25, -0.2) is 0 Å². The van der Waals surface area contributed by atoms with Gasteiger partial charge in [0.05, 0.1) is 0 Å². The second-order valence-corrected chi connectivity index (χ2v) is 2.23. The summed E-state index contributed by atoms with van der Waals surface area (Å²) in [5, 5.41) is 0. The van der Waals surface area contributed by atoms with Crippen LogP contribution in [0.2, 0.25) is 0 Å². The summed E-state index contributed by atoms with van der Waals surface area (Å²) in [6.45, 7) is 5.83. The molecule has 1 aromatic rings. The SMILES string of the molecule is C/C=C/C(=O)c1ccccc1.CC. The predicted molar refractivity (Wildman–Crippen MR) is 56.9 cm³/mol. The Kier molecular flexibility index (Phi) is 6.52. The first-order valence-electron chi connectivity index (χ1n) is 4.56. The number of carbonyl (C=O) groups excluding carboxylic acids is 1. The summed E-state index contributed by atoms with van der Waals surface area (Å²) in [4.78, 5) is 11.2. The van der Waals surface area contributed by atoms with Crippen molar-refractivity contribution >= 4 is 5.78 Å². The molecule has 0 aliphatic rings. The number of hydrogen-bond donors (Lipinski definition) is 0. The van der Waals surface area contributed by atoms with Crippen LogP contribution in [0.5, 0.6) is 0 Å². The van der Waals surface area contributed by atoms with Crippen molar-refractivity contribution < 1.29 is 4.79 Å². The van der Waals surface area contributed by atoms with Crippen LogP contribution >= 0.6 is 0 Å². The molecule has 0 aliphatic carbocycles. The largest absolute Gasteiger partial charge is 0.289 e. The molecule has 1 nitrogen and oxygen atoms in total. The van der Waals surface area contributed by atoms with Crippen LogP contribution in [0.15, 0.2) is 42.5 Å². The van der Waals surface area contributed by atoms with E-state index in [-0.39, 0.29) is 5.78 Å². The van der Waals surface area contributed by atoms with E-state index >= 15 is 0 Å². The predicted octanol–water partition coefficient (Wildman–Crippen LogP) is 3.47. The summed E-state index contributed by atoms with van der Waals surface area (Å²) in [5.41, 5.74) is 0.741. The van der Waals surface area contributed by atoms with Gasteiger partial charge in [0.2, 0.25) is 0 Å². The normalized spacial score (nSPS) is 9.15. The molecule has 0 aliphatic heterocycles. The van der Waals surface area contributed by atoms with Crippen LogP contribution in [-0.4, -0.2) is 5.78 Å². The van der Waals surface area contributed by atoms with Crippen molar-refractivity contribution in [2.24, 2.45) is 0 Å². The summed E-state index contributed by atoms with van der Waals surface area (Å²) in [6, 6.07) is 9.23. The van der Waals surface area contributed by atoms with Gasteiger partial charge in [-0.2, -0.15) is 0 Å². The lowest BCUT2D eigenvalue weighted by Gasteiger charge is -1.91. The second kappa shape index (κ2) is 7.29. The van der Waals surface area contributed by atoms with E-state index in [1.54, 1.807) is 12.2 Å². The molecule has 1 aromatic carbocycles. The van der Waals surface area contributed by atoms with Crippen LogP contribution in [0.1, 0.15) is 31.1 Å². The van der Waals surface area contributed by atoms with E-state index in [1.165, 1.54) is 0 Å². The third-order valence-corrected chi connectivity index (χ3v) is 1.38. The van der Waals surface area contributed by atoms with Crippen molar-refractivity contribution in [1.82, 2.24) is 0 Å². The first kappa shape index (κ1) is 11.6. The zero-order valence-electron chi connectivity index (χ0n) is 8.45. The Bertz CT molecular complexity index is 260. The van der Waals surface area contributed by atoms with E-state index in [9.17, 15) is 4.79 Å². The lowest BCUT2D eigenvalue weighted by Crippen LogP contribution is -1.91. The number of rotatable bonds is 2. The highest BCUT2D eigenvalue weighted by Gasteiger charge is 1.96. The highest BCUT2D eigenvalue weighted by molar-refractivity contribution is 6.04. The van der Waals surface area contributed by atoms with E-state index in [1.807, 2.05) is 51.1 Å². The van der Waals surface area contributed by atoms with Crippen LogP contribution < -0.4 is 0 Å². The fourth-order valence-corrected chi connectivity index (χ4v) is 0.850. The minimum absolute atomic E-state index is 0.0631.